The Morgan fingerprint density at radius 2 is 1.76 bits per heavy atom. The summed E-state index contributed by atoms with van der Waals surface area (Å²) in [4.78, 5) is 38.7. The van der Waals surface area contributed by atoms with E-state index in [2.05, 4.69) is 50.4 Å². The van der Waals surface area contributed by atoms with Crippen molar-refractivity contribution in [2.45, 2.75) is 122 Å². The lowest BCUT2D eigenvalue weighted by Crippen LogP contribution is -2.62. The Kier molecular flexibility index (Phi) is 14.3. The zero-order chi connectivity index (χ0) is 39.9. The van der Waals surface area contributed by atoms with Crippen molar-refractivity contribution in [1.29, 1.82) is 0 Å². The van der Waals surface area contributed by atoms with Gasteiger partial charge < -0.3 is 35.4 Å². The summed E-state index contributed by atoms with van der Waals surface area (Å²) in [6.07, 6.45) is 6.82. The molecule has 0 aromatic heterocycles. The summed E-state index contributed by atoms with van der Waals surface area (Å²) in [5.41, 5.74) is 0.293. The molecule has 6 rings (SSSR count). The molecule has 1 heterocycles. The predicted octanol–water partition coefficient (Wildman–Crippen LogP) is 2.02. The second-order valence-electron chi connectivity index (χ2n) is 19.2. The van der Waals surface area contributed by atoms with Gasteiger partial charge in [-0.3, -0.25) is 14.4 Å². The predicted molar refractivity (Wildman–Crippen MR) is 209 cm³/mol. The van der Waals surface area contributed by atoms with E-state index in [1.165, 1.54) is 12.7 Å². The van der Waals surface area contributed by atoms with Crippen LogP contribution >= 0.6 is 0 Å². The zero-order valence-corrected chi connectivity index (χ0v) is 35.6. The van der Waals surface area contributed by atoms with Crippen LogP contribution in [0.2, 0.25) is 0 Å². The first-order valence-electron chi connectivity index (χ1n) is 20.6. The topological polar surface area (TPSA) is 161 Å². The van der Waals surface area contributed by atoms with Crippen molar-refractivity contribution in [2.24, 2.45) is 52.8 Å². The third kappa shape index (κ3) is 9.65. The van der Waals surface area contributed by atoms with Gasteiger partial charge in [0.05, 0.1) is 30.6 Å². The summed E-state index contributed by atoms with van der Waals surface area (Å²) in [5, 5.41) is 29.6. The number of amides is 2. The lowest BCUT2D eigenvalue weighted by Gasteiger charge is -2.62. The summed E-state index contributed by atoms with van der Waals surface area (Å²) >= 11 is 0. The lowest BCUT2D eigenvalue weighted by atomic mass is 9.45. The van der Waals surface area contributed by atoms with Crippen molar-refractivity contribution in [3.8, 4) is 0 Å². The van der Waals surface area contributed by atoms with E-state index in [0.29, 0.717) is 49.1 Å². The van der Waals surface area contributed by atoms with Gasteiger partial charge in [-0.15, -0.1) is 0 Å². The van der Waals surface area contributed by atoms with Crippen molar-refractivity contribution < 1.29 is 37.8 Å². The number of fused-ring (bicyclic) bond motifs is 2. The van der Waals surface area contributed by atoms with Gasteiger partial charge in [-0.2, -0.15) is 5.06 Å². The first-order valence-corrected chi connectivity index (χ1v) is 22.7. The number of hydrogen-bond acceptors (Lipinski definition) is 11. The summed E-state index contributed by atoms with van der Waals surface area (Å²) in [6, 6.07) is -0.994. The van der Waals surface area contributed by atoms with E-state index < -0.39 is 40.0 Å². The maximum atomic E-state index is 14.3. The molecule has 312 valence electrons. The minimum Gasteiger partial charge on any atom is -0.394 e. The van der Waals surface area contributed by atoms with Crippen LogP contribution in [-0.4, -0.2) is 155 Å². The molecule has 4 N–H and O–H groups in total. The van der Waals surface area contributed by atoms with Crippen molar-refractivity contribution >= 4 is 21.7 Å². The molecule has 7 unspecified atom stereocenters. The van der Waals surface area contributed by atoms with E-state index >= 15 is 0 Å². The molecular formula is C40H73N5O8S. The van der Waals surface area contributed by atoms with Crippen LogP contribution in [0.3, 0.4) is 0 Å². The average Bonchev–Trinajstić information content (AvgIpc) is 3.46. The highest BCUT2D eigenvalue weighted by Gasteiger charge is 2.58. The fourth-order valence-electron chi connectivity index (χ4n) is 11.7. The standard InChI is InChI=1S/C40H73N5O8S/c1-23-32-17-28(40(32,3)4)18-33(23)42-39(49)36-35(24(2)47)34(21-46)53-45(36)19-25-12-11-13-31(37(25)52-9)26-14-27(16-30(15-26)44(7)8)38(48)41-29(20-43(5)6)22-54(10,50)51/h23-37,46-47H,11-22H2,1-10H3,(H,41,48)(H,42,49)/t23-,24-,25?,26?,27?,28?,29+,30?,31?,32-,33-,34-,35+,36-,37?/m0/s1. The molecular weight excluding hydrogens is 711 g/mol. The number of nitrogens with one attached hydrogen (secondary N) is 2. The lowest BCUT2D eigenvalue weighted by molar-refractivity contribution is -0.193. The third-order valence-electron chi connectivity index (χ3n) is 14.6. The maximum absolute atomic E-state index is 14.3. The molecule has 54 heavy (non-hydrogen) atoms. The van der Waals surface area contributed by atoms with Crippen LogP contribution in [-0.2, 0) is 29.0 Å². The van der Waals surface area contributed by atoms with E-state index in [1.807, 2.05) is 19.0 Å². The normalized spacial score (nSPS) is 39.6. The minimum atomic E-state index is -3.30. The van der Waals surface area contributed by atoms with E-state index in [0.717, 1.165) is 32.1 Å². The van der Waals surface area contributed by atoms with Gasteiger partial charge in [-0.25, -0.2) is 8.42 Å². The van der Waals surface area contributed by atoms with Gasteiger partial charge in [0.2, 0.25) is 11.8 Å². The summed E-state index contributed by atoms with van der Waals surface area (Å²) in [5.74, 6) is 0.735. The Morgan fingerprint density at radius 1 is 1.06 bits per heavy atom. The number of aliphatic hydroxyl groups is 2. The van der Waals surface area contributed by atoms with Crippen molar-refractivity contribution in [3.05, 3.63) is 0 Å². The van der Waals surface area contributed by atoms with Crippen LogP contribution in [0.4, 0.5) is 0 Å². The number of rotatable bonds is 15. The number of methoxy groups -OCH3 is 1. The highest BCUT2D eigenvalue weighted by atomic mass is 32.2. The molecule has 2 amide bonds. The number of hydrogen-bond donors (Lipinski definition) is 4. The van der Waals surface area contributed by atoms with Crippen molar-refractivity contribution in [2.75, 3.05) is 67.0 Å². The van der Waals surface area contributed by atoms with Gasteiger partial charge in [0.15, 0.2) is 0 Å². The van der Waals surface area contributed by atoms with Crippen molar-refractivity contribution in [3.63, 3.8) is 0 Å². The third-order valence-corrected chi connectivity index (χ3v) is 15.6. The minimum absolute atomic E-state index is 0.0319. The van der Waals surface area contributed by atoms with Gasteiger partial charge in [-0.05, 0) is 115 Å². The molecule has 15 atom stereocenters. The number of carbonyl (C=O) groups is 2. The average molecular weight is 784 g/mol. The number of likely N-dealkylation sites (N-methyl/N-ethyl adjacent to an activating group) is 1. The van der Waals surface area contributed by atoms with Crippen molar-refractivity contribution in [1.82, 2.24) is 25.5 Å². The molecule has 5 saturated carbocycles. The van der Waals surface area contributed by atoms with Gasteiger partial charge >= 0.3 is 0 Å². The molecule has 5 aliphatic carbocycles. The zero-order valence-electron chi connectivity index (χ0n) is 34.7. The fraction of sp³-hybridized carbons (Fsp3) is 0.950. The van der Waals surface area contributed by atoms with E-state index in [1.54, 1.807) is 19.1 Å². The number of ether oxygens (including phenoxy) is 1. The fourth-order valence-corrected chi connectivity index (χ4v) is 12.6. The Bertz CT molecular complexity index is 1400. The Labute approximate surface area is 325 Å². The smallest absolute Gasteiger partial charge is 0.240 e. The van der Waals surface area contributed by atoms with E-state index in [4.69, 9.17) is 9.57 Å². The Morgan fingerprint density at radius 3 is 2.31 bits per heavy atom. The molecule has 0 aromatic rings. The number of aliphatic hydroxyl groups excluding tert-OH is 2. The van der Waals surface area contributed by atoms with Crippen LogP contribution in [0.5, 0.6) is 0 Å². The summed E-state index contributed by atoms with van der Waals surface area (Å²) in [6.45, 7) is 9.18. The SMILES string of the molecule is COC1C(CN2O[C@@H](CO)[C@@H]([C@H](C)O)[C@H]2C(=O)N[C@H]2CC3C[C@@H]([C@@H]2C)C3(C)C)CCCC1C1CC(C(=O)N[C@H](CN(C)C)CS(C)(=O)=O)CC(N(C)C)C1. The molecule has 2 bridgehead atoms. The number of sulfone groups is 1. The second-order valence-corrected chi connectivity index (χ2v) is 21.3. The van der Waals surface area contributed by atoms with Crippen LogP contribution in [0.25, 0.3) is 0 Å². The summed E-state index contributed by atoms with van der Waals surface area (Å²) in [7, 11) is 6.33. The van der Waals surface area contributed by atoms with Crippen LogP contribution in [0, 0.1) is 52.8 Å². The molecule has 1 aliphatic heterocycles. The first kappa shape index (κ1) is 43.7. The number of carbonyl (C=O) groups excluding carboxylic acids is 2. The second kappa shape index (κ2) is 17.6. The van der Waals surface area contributed by atoms with Crippen LogP contribution in [0.15, 0.2) is 0 Å². The quantitative estimate of drug-likeness (QED) is 0.193. The van der Waals surface area contributed by atoms with Crippen LogP contribution in [0.1, 0.15) is 79.1 Å². The van der Waals surface area contributed by atoms with Crippen LogP contribution < -0.4 is 10.6 Å². The van der Waals surface area contributed by atoms with E-state index in [-0.39, 0.29) is 66.0 Å². The van der Waals surface area contributed by atoms with Gasteiger partial charge in [0.1, 0.15) is 22.0 Å². The first-order chi connectivity index (χ1) is 25.2. The molecule has 1 saturated heterocycles. The molecule has 14 heteroatoms. The number of hydroxylamine groups is 2. The summed E-state index contributed by atoms with van der Waals surface area (Å²) < 4.78 is 30.8. The molecule has 6 aliphatic rings. The number of nitrogens with zero attached hydrogens (tertiary/aromatic N) is 3. The molecule has 0 radical (unpaired) electrons. The Hall–Kier alpha value is -1.39. The Balaban J connectivity index is 1.32. The molecule has 0 spiro atoms. The monoisotopic (exact) mass is 784 g/mol. The van der Waals surface area contributed by atoms with Gasteiger partial charge in [0.25, 0.3) is 0 Å². The highest BCUT2D eigenvalue weighted by molar-refractivity contribution is 7.90. The van der Waals surface area contributed by atoms with Gasteiger partial charge in [0, 0.05) is 56.3 Å². The largest absolute Gasteiger partial charge is 0.394 e. The maximum Gasteiger partial charge on any atom is 0.240 e. The molecule has 0 aromatic carbocycles. The highest BCUT2D eigenvalue weighted by Crippen LogP contribution is 2.61. The molecule has 13 nitrogen and oxygen atoms in total. The van der Waals surface area contributed by atoms with Gasteiger partial charge in [-0.1, -0.05) is 27.2 Å². The molecule has 6 fully saturated rings. The van der Waals surface area contributed by atoms with E-state index in [9.17, 15) is 28.2 Å².